The van der Waals surface area contributed by atoms with Crippen molar-refractivity contribution < 1.29 is 4.74 Å². The van der Waals surface area contributed by atoms with Crippen LogP contribution in [0.5, 0.6) is 5.88 Å². The summed E-state index contributed by atoms with van der Waals surface area (Å²) < 4.78 is 5.47. The van der Waals surface area contributed by atoms with E-state index >= 15 is 0 Å². The zero-order chi connectivity index (χ0) is 19.6. The second-order valence-corrected chi connectivity index (χ2v) is 6.99. The molecule has 1 atom stereocenters. The van der Waals surface area contributed by atoms with Gasteiger partial charge in [0.1, 0.15) is 0 Å². The number of aliphatic imine (C=N–C) groups is 1. The van der Waals surface area contributed by atoms with Gasteiger partial charge in [0.15, 0.2) is 5.96 Å². The molecule has 1 fully saturated rings. The zero-order valence-electron chi connectivity index (χ0n) is 16.9. The van der Waals surface area contributed by atoms with E-state index in [-0.39, 0.29) is 0 Å². The molecule has 0 bridgehead atoms. The van der Waals surface area contributed by atoms with Crippen molar-refractivity contribution in [2.45, 2.75) is 38.9 Å². The summed E-state index contributed by atoms with van der Waals surface area (Å²) >= 11 is 0. The maximum atomic E-state index is 5.47. The maximum Gasteiger partial charge on any atom is 0.213 e. The molecule has 1 aliphatic rings. The Morgan fingerprint density at radius 3 is 2.86 bits per heavy atom. The minimum absolute atomic E-state index is 0.532. The molecule has 6 nitrogen and oxygen atoms in total. The molecule has 0 spiro atoms. The number of nitrogens with zero attached hydrogens (tertiary/aromatic N) is 3. The van der Waals surface area contributed by atoms with Crippen LogP contribution in [-0.2, 0) is 13.1 Å². The Labute approximate surface area is 168 Å². The van der Waals surface area contributed by atoms with Crippen LogP contribution in [0.15, 0.2) is 53.7 Å². The molecule has 6 heteroatoms. The molecule has 2 N–H and O–H groups in total. The molecule has 3 rings (SSSR count). The normalized spacial score (nSPS) is 17.5. The van der Waals surface area contributed by atoms with Gasteiger partial charge in [-0.15, -0.1) is 0 Å². The third-order valence-corrected chi connectivity index (χ3v) is 5.01. The third-order valence-electron chi connectivity index (χ3n) is 5.01. The summed E-state index contributed by atoms with van der Waals surface area (Å²) in [6.45, 7) is 6.32. The van der Waals surface area contributed by atoms with E-state index in [1.54, 1.807) is 6.20 Å². The van der Waals surface area contributed by atoms with Gasteiger partial charge in [0.05, 0.1) is 6.61 Å². The summed E-state index contributed by atoms with van der Waals surface area (Å²) in [6.07, 6.45) is 4.25. The molecule has 1 aromatic heterocycles. The average molecular weight is 382 g/mol. The lowest BCUT2D eigenvalue weighted by Crippen LogP contribution is -2.44. The summed E-state index contributed by atoms with van der Waals surface area (Å²) in [6, 6.07) is 15.2. The van der Waals surface area contributed by atoms with E-state index < -0.39 is 0 Å². The number of rotatable bonds is 8. The highest BCUT2D eigenvalue weighted by Gasteiger charge is 2.24. The monoisotopic (exact) mass is 381 g/mol. The Hall–Kier alpha value is -2.60. The van der Waals surface area contributed by atoms with Crippen molar-refractivity contribution >= 4 is 5.96 Å². The van der Waals surface area contributed by atoms with E-state index in [4.69, 9.17) is 4.74 Å². The van der Waals surface area contributed by atoms with Crippen molar-refractivity contribution in [1.82, 2.24) is 20.5 Å². The third kappa shape index (κ3) is 5.96. The number of ether oxygens (including phenoxy) is 1. The number of guanidine groups is 1. The lowest BCUT2D eigenvalue weighted by atomic mass is 10.2. The highest BCUT2D eigenvalue weighted by Crippen LogP contribution is 2.19. The molecule has 0 amide bonds. The van der Waals surface area contributed by atoms with Gasteiger partial charge in [-0.2, -0.15) is 0 Å². The SMILES string of the molecule is CCOc1cc(CNC(=NC)NCC2CCCN2Cc2ccccc2)ccn1. The van der Waals surface area contributed by atoms with Gasteiger partial charge < -0.3 is 15.4 Å². The van der Waals surface area contributed by atoms with E-state index in [1.165, 1.54) is 18.4 Å². The summed E-state index contributed by atoms with van der Waals surface area (Å²) in [4.78, 5) is 11.1. The Kier molecular flexibility index (Phi) is 7.67. The minimum Gasteiger partial charge on any atom is -0.478 e. The second-order valence-electron chi connectivity index (χ2n) is 6.99. The molecule has 0 saturated carbocycles. The van der Waals surface area contributed by atoms with Crippen LogP contribution in [0.25, 0.3) is 0 Å². The molecule has 2 aromatic rings. The quantitative estimate of drug-likeness (QED) is 0.544. The van der Waals surface area contributed by atoms with Crippen molar-refractivity contribution in [3.8, 4) is 5.88 Å². The van der Waals surface area contributed by atoms with Gasteiger partial charge in [0.25, 0.3) is 0 Å². The van der Waals surface area contributed by atoms with Crippen LogP contribution in [0.1, 0.15) is 30.9 Å². The number of likely N-dealkylation sites (tertiary alicyclic amines) is 1. The molecule has 1 aliphatic heterocycles. The standard InChI is InChI=1S/C22H31N5O/c1-3-28-21-14-19(11-12-24-21)15-25-22(23-2)26-16-20-10-7-13-27(20)17-18-8-5-4-6-9-18/h4-6,8-9,11-12,14,20H,3,7,10,13,15-17H2,1-2H3,(H2,23,25,26). The predicted molar refractivity (Wildman–Crippen MR) is 113 cm³/mol. The second kappa shape index (κ2) is 10.7. The fourth-order valence-electron chi connectivity index (χ4n) is 3.56. The average Bonchev–Trinajstić information content (AvgIpc) is 3.16. The number of pyridine rings is 1. The first-order valence-corrected chi connectivity index (χ1v) is 10.1. The van der Waals surface area contributed by atoms with Crippen LogP contribution in [0.3, 0.4) is 0 Å². The molecular formula is C22H31N5O. The van der Waals surface area contributed by atoms with E-state index in [0.29, 0.717) is 25.1 Å². The lowest BCUT2D eigenvalue weighted by Gasteiger charge is -2.25. The number of benzene rings is 1. The summed E-state index contributed by atoms with van der Waals surface area (Å²) in [5.41, 5.74) is 2.49. The molecule has 0 radical (unpaired) electrons. The molecular weight excluding hydrogens is 350 g/mol. The molecule has 150 valence electrons. The molecule has 0 aliphatic carbocycles. The fourth-order valence-corrected chi connectivity index (χ4v) is 3.56. The van der Waals surface area contributed by atoms with Crippen LogP contribution >= 0.6 is 0 Å². The molecule has 1 aromatic carbocycles. The molecule has 2 heterocycles. The van der Waals surface area contributed by atoms with Gasteiger partial charge in [-0.05, 0) is 43.5 Å². The molecule has 1 unspecified atom stereocenters. The first-order valence-electron chi connectivity index (χ1n) is 10.1. The van der Waals surface area contributed by atoms with Crippen molar-refractivity contribution in [1.29, 1.82) is 0 Å². The maximum absolute atomic E-state index is 5.47. The highest BCUT2D eigenvalue weighted by molar-refractivity contribution is 5.79. The number of hydrogen-bond donors (Lipinski definition) is 2. The number of aromatic nitrogens is 1. The van der Waals surface area contributed by atoms with E-state index in [2.05, 4.69) is 55.8 Å². The zero-order valence-corrected chi connectivity index (χ0v) is 16.9. The van der Waals surface area contributed by atoms with Crippen LogP contribution in [-0.4, -0.2) is 48.6 Å². The van der Waals surface area contributed by atoms with E-state index in [1.807, 2.05) is 26.1 Å². The Morgan fingerprint density at radius 2 is 2.07 bits per heavy atom. The lowest BCUT2D eigenvalue weighted by molar-refractivity contribution is 0.245. The smallest absolute Gasteiger partial charge is 0.213 e. The van der Waals surface area contributed by atoms with Gasteiger partial charge in [-0.25, -0.2) is 4.98 Å². The Balaban J connectivity index is 1.47. The largest absolute Gasteiger partial charge is 0.478 e. The van der Waals surface area contributed by atoms with Crippen molar-refractivity contribution in [3.63, 3.8) is 0 Å². The summed E-state index contributed by atoms with van der Waals surface area (Å²) in [5, 5.41) is 6.87. The number of nitrogens with one attached hydrogen (secondary N) is 2. The first kappa shape index (κ1) is 20.1. The van der Waals surface area contributed by atoms with Gasteiger partial charge in [-0.1, -0.05) is 30.3 Å². The minimum atomic E-state index is 0.532. The van der Waals surface area contributed by atoms with Crippen LogP contribution < -0.4 is 15.4 Å². The van der Waals surface area contributed by atoms with Gasteiger partial charge in [-0.3, -0.25) is 9.89 Å². The van der Waals surface area contributed by atoms with Crippen molar-refractivity contribution in [2.24, 2.45) is 4.99 Å². The summed E-state index contributed by atoms with van der Waals surface area (Å²) in [5.74, 6) is 1.48. The Morgan fingerprint density at radius 1 is 1.21 bits per heavy atom. The van der Waals surface area contributed by atoms with Crippen LogP contribution in [0.4, 0.5) is 0 Å². The van der Waals surface area contributed by atoms with E-state index in [9.17, 15) is 0 Å². The fraction of sp³-hybridized carbons (Fsp3) is 0.455. The first-order chi connectivity index (χ1) is 13.8. The van der Waals surface area contributed by atoms with Crippen LogP contribution in [0, 0.1) is 0 Å². The summed E-state index contributed by atoms with van der Waals surface area (Å²) in [7, 11) is 1.81. The van der Waals surface area contributed by atoms with Gasteiger partial charge in [0.2, 0.25) is 5.88 Å². The Bertz CT molecular complexity index is 750. The topological polar surface area (TPSA) is 61.8 Å². The van der Waals surface area contributed by atoms with Gasteiger partial charge >= 0.3 is 0 Å². The molecule has 28 heavy (non-hydrogen) atoms. The van der Waals surface area contributed by atoms with E-state index in [0.717, 1.165) is 31.2 Å². The van der Waals surface area contributed by atoms with Crippen molar-refractivity contribution in [2.75, 3.05) is 26.7 Å². The van der Waals surface area contributed by atoms with Crippen molar-refractivity contribution in [3.05, 3.63) is 59.8 Å². The highest BCUT2D eigenvalue weighted by atomic mass is 16.5. The number of hydrogen-bond acceptors (Lipinski definition) is 4. The van der Waals surface area contributed by atoms with Crippen LogP contribution in [0.2, 0.25) is 0 Å². The molecule has 1 saturated heterocycles. The predicted octanol–water partition coefficient (Wildman–Crippen LogP) is 2.81. The van der Waals surface area contributed by atoms with Gasteiger partial charge in [0, 0.05) is 45.0 Å².